The normalized spacial score (nSPS) is 18.8. The van der Waals surface area contributed by atoms with Gasteiger partial charge in [-0.05, 0) is 63.9 Å². The van der Waals surface area contributed by atoms with E-state index in [1.54, 1.807) is 6.92 Å². The van der Waals surface area contributed by atoms with Crippen molar-refractivity contribution >= 4 is 34.7 Å². The SMILES string of the molecule is CCNC(=O)C(=O)[C@H](Cc1ccc(C)cc1)NC(=O)[C@H](CC(C)C)NC(=O)CCCCC1CCC[S+]1[O-]. The topological polar surface area (TPSA) is 127 Å². The van der Waals surface area contributed by atoms with Crippen LogP contribution in [0.25, 0.3) is 0 Å². The summed E-state index contributed by atoms with van der Waals surface area (Å²) in [6, 6.07) is 5.72. The van der Waals surface area contributed by atoms with Crippen molar-refractivity contribution in [2.24, 2.45) is 5.92 Å². The lowest BCUT2D eigenvalue weighted by Gasteiger charge is -2.24. The van der Waals surface area contributed by atoms with Gasteiger partial charge in [0.15, 0.2) is 0 Å². The first kappa shape index (κ1) is 30.8. The summed E-state index contributed by atoms with van der Waals surface area (Å²) in [6.45, 7) is 7.89. The maximum atomic E-state index is 13.3. The smallest absolute Gasteiger partial charge is 0.289 e. The Hall–Kier alpha value is -2.39. The number of carbonyl (C=O) groups excluding carboxylic acids is 4. The van der Waals surface area contributed by atoms with Crippen LogP contribution in [0.2, 0.25) is 0 Å². The molecule has 8 nitrogen and oxygen atoms in total. The van der Waals surface area contributed by atoms with Gasteiger partial charge in [0.1, 0.15) is 23.1 Å². The summed E-state index contributed by atoms with van der Waals surface area (Å²) < 4.78 is 11.9. The number of hydrogen-bond donors (Lipinski definition) is 3. The first-order valence-electron chi connectivity index (χ1n) is 13.4. The number of amides is 3. The summed E-state index contributed by atoms with van der Waals surface area (Å²) in [5, 5.41) is 8.33. The molecule has 0 bridgehead atoms. The number of carbonyl (C=O) groups is 4. The van der Waals surface area contributed by atoms with Gasteiger partial charge in [0.25, 0.3) is 5.91 Å². The average Bonchev–Trinajstić information content (AvgIpc) is 3.26. The number of likely N-dealkylation sites (N-methyl/N-ethyl adjacent to an activating group) is 1. The molecule has 1 heterocycles. The van der Waals surface area contributed by atoms with Crippen LogP contribution in [0.4, 0.5) is 0 Å². The van der Waals surface area contributed by atoms with Gasteiger partial charge in [-0.2, -0.15) is 0 Å². The third kappa shape index (κ3) is 10.9. The van der Waals surface area contributed by atoms with Crippen molar-refractivity contribution < 1.29 is 23.7 Å². The summed E-state index contributed by atoms with van der Waals surface area (Å²) in [7, 11) is 0. The van der Waals surface area contributed by atoms with Gasteiger partial charge in [0, 0.05) is 19.4 Å². The van der Waals surface area contributed by atoms with Gasteiger partial charge < -0.3 is 20.5 Å². The molecule has 1 saturated heterocycles. The Morgan fingerprint density at radius 1 is 1.05 bits per heavy atom. The molecule has 3 N–H and O–H groups in total. The summed E-state index contributed by atoms with van der Waals surface area (Å²) in [4.78, 5) is 51.1. The van der Waals surface area contributed by atoms with E-state index in [9.17, 15) is 23.7 Å². The predicted molar refractivity (Wildman–Crippen MR) is 146 cm³/mol. The van der Waals surface area contributed by atoms with Crippen LogP contribution in [0.15, 0.2) is 24.3 Å². The average molecular weight is 534 g/mol. The lowest BCUT2D eigenvalue weighted by atomic mass is 9.98. The molecule has 0 aromatic heterocycles. The standard InChI is InChI=1S/C28H43N3O5S/c1-5-29-28(35)26(33)23(18-21-14-12-20(4)13-15-21)31-27(34)24(17-19(2)3)30-25(32)11-7-6-9-22-10-8-16-37(22)36/h12-15,19,22-24H,5-11,16-18H2,1-4H3,(H,29,35)(H,30,32)(H,31,34)/t22?,23-,24-,37?/m0/s1. The second-order valence-electron chi connectivity index (χ2n) is 10.3. The van der Waals surface area contributed by atoms with Crippen LogP contribution in [-0.2, 0) is 36.8 Å². The Balaban J connectivity index is 2.00. The van der Waals surface area contributed by atoms with Crippen LogP contribution in [0.5, 0.6) is 0 Å². The lowest BCUT2D eigenvalue weighted by Crippen LogP contribution is -2.54. The molecule has 206 valence electrons. The van der Waals surface area contributed by atoms with E-state index < -0.39 is 40.9 Å². The first-order chi connectivity index (χ1) is 17.6. The minimum Gasteiger partial charge on any atom is -0.616 e. The Labute approximate surface area is 224 Å². The molecule has 2 unspecified atom stereocenters. The van der Waals surface area contributed by atoms with E-state index in [4.69, 9.17) is 0 Å². The summed E-state index contributed by atoms with van der Waals surface area (Å²) in [5.74, 6) is -1.24. The Morgan fingerprint density at radius 2 is 1.76 bits per heavy atom. The van der Waals surface area contributed by atoms with E-state index in [0.717, 1.165) is 42.6 Å². The molecule has 0 saturated carbocycles. The zero-order valence-corrected chi connectivity index (χ0v) is 23.5. The van der Waals surface area contributed by atoms with Crippen molar-refractivity contribution in [2.75, 3.05) is 12.3 Å². The summed E-state index contributed by atoms with van der Waals surface area (Å²) in [5.41, 5.74) is 1.89. The number of aryl methyl sites for hydroxylation is 1. The second kappa shape index (κ2) is 15.8. The molecular formula is C28H43N3O5S. The van der Waals surface area contributed by atoms with Crippen LogP contribution in [0.3, 0.4) is 0 Å². The monoisotopic (exact) mass is 533 g/mol. The van der Waals surface area contributed by atoms with Crippen molar-refractivity contribution in [3.63, 3.8) is 0 Å². The molecule has 1 aromatic carbocycles. The van der Waals surface area contributed by atoms with Gasteiger partial charge in [-0.15, -0.1) is 0 Å². The van der Waals surface area contributed by atoms with Crippen LogP contribution >= 0.6 is 0 Å². The van der Waals surface area contributed by atoms with Gasteiger partial charge >= 0.3 is 0 Å². The molecule has 0 spiro atoms. The number of ketones is 1. The highest BCUT2D eigenvalue weighted by atomic mass is 32.2. The number of benzene rings is 1. The molecule has 0 radical (unpaired) electrons. The second-order valence-corrected chi connectivity index (χ2v) is 12.2. The largest absolute Gasteiger partial charge is 0.616 e. The van der Waals surface area contributed by atoms with Gasteiger partial charge in [-0.25, -0.2) is 0 Å². The number of nitrogens with one attached hydrogen (secondary N) is 3. The predicted octanol–water partition coefficient (Wildman–Crippen LogP) is 2.73. The van der Waals surface area contributed by atoms with E-state index >= 15 is 0 Å². The molecule has 4 atom stereocenters. The quantitative estimate of drug-likeness (QED) is 0.181. The van der Waals surface area contributed by atoms with E-state index in [1.807, 2.05) is 45.0 Å². The fourth-order valence-corrected chi connectivity index (χ4v) is 6.15. The molecule has 9 heteroatoms. The summed E-state index contributed by atoms with van der Waals surface area (Å²) >= 11 is -0.737. The zero-order chi connectivity index (χ0) is 27.4. The minimum absolute atomic E-state index is 0.128. The number of unbranched alkanes of at least 4 members (excludes halogenated alkanes) is 1. The van der Waals surface area contributed by atoms with Crippen LogP contribution in [0, 0.1) is 12.8 Å². The van der Waals surface area contributed by atoms with Gasteiger partial charge in [0.2, 0.25) is 17.6 Å². The number of hydrogen-bond acceptors (Lipinski definition) is 5. The maximum absolute atomic E-state index is 13.3. The van der Waals surface area contributed by atoms with Gasteiger partial charge in [-0.1, -0.05) is 54.9 Å². The number of rotatable bonds is 15. The fourth-order valence-electron chi connectivity index (χ4n) is 4.50. The molecule has 1 aliphatic rings. The van der Waals surface area contributed by atoms with Crippen LogP contribution in [0.1, 0.15) is 76.8 Å². The van der Waals surface area contributed by atoms with E-state index in [1.165, 1.54) is 0 Å². The fraction of sp³-hybridized carbons (Fsp3) is 0.643. The Kier molecular flexibility index (Phi) is 13.1. The van der Waals surface area contributed by atoms with Crippen molar-refractivity contribution in [3.8, 4) is 0 Å². The molecule has 37 heavy (non-hydrogen) atoms. The molecule has 1 fully saturated rings. The third-order valence-electron chi connectivity index (χ3n) is 6.54. The molecule has 2 rings (SSSR count). The van der Waals surface area contributed by atoms with Crippen LogP contribution in [-0.4, -0.2) is 57.7 Å². The third-order valence-corrected chi connectivity index (χ3v) is 8.44. The van der Waals surface area contributed by atoms with Crippen molar-refractivity contribution in [2.45, 2.75) is 96.4 Å². The van der Waals surface area contributed by atoms with Gasteiger partial charge in [-0.3, -0.25) is 19.2 Å². The van der Waals surface area contributed by atoms with E-state index in [0.29, 0.717) is 19.4 Å². The van der Waals surface area contributed by atoms with Crippen LogP contribution < -0.4 is 16.0 Å². The van der Waals surface area contributed by atoms with E-state index in [-0.39, 0.29) is 29.9 Å². The van der Waals surface area contributed by atoms with Crippen molar-refractivity contribution in [3.05, 3.63) is 35.4 Å². The highest BCUT2D eigenvalue weighted by Gasteiger charge is 2.31. The molecule has 1 aromatic rings. The Morgan fingerprint density at radius 3 is 2.35 bits per heavy atom. The molecule has 3 amide bonds. The lowest BCUT2D eigenvalue weighted by molar-refractivity contribution is -0.140. The summed E-state index contributed by atoms with van der Waals surface area (Å²) in [6.07, 6.45) is 5.22. The molecular weight excluding hydrogens is 490 g/mol. The Bertz CT molecular complexity index is 906. The first-order valence-corrected chi connectivity index (χ1v) is 14.8. The molecule has 0 aliphatic carbocycles. The van der Waals surface area contributed by atoms with E-state index in [2.05, 4.69) is 16.0 Å². The number of Topliss-reactive ketones (excluding diaryl/α,β-unsaturated/α-hetero) is 1. The molecule has 1 aliphatic heterocycles. The van der Waals surface area contributed by atoms with Gasteiger partial charge in [0.05, 0.1) is 0 Å². The highest BCUT2D eigenvalue weighted by Crippen LogP contribution is 2.24. The minimum atomic E-state index is -1.04. The highest BCUT2D eigenvalue weighted by molar-refractivity contribution is 7.92. The maximum Gasteiger partial charge on any atom is 0.289 e. The zero-order valence-electron chi connectivity index (χ0n) is 22.6. The van der Waals surface area contributed by atoms with Crippen molar-refractivity contribution in [1.29, 1.82) is 0 Å². The van der Waals surface area contributed by atoms with Crippen molar-refractivity contribution in [1.82, 2.24) is 16.0 Å².